The van der Waals surface area contributed by atoms with Crippen LogP contribution < -0.4 is 10.6 Å². The van der Waals surface area contributed by atoms with Gasteiger partial charge >= 0.3 is 0 Å². The molecule has 21 heavy (non-hydrogen) atoms. The standard InChI is InChI=1S/C17H36N4/c1-5-6-7-8-9-15(2)20-17(18-3)19-14-16-10-12-21(4)13-11-16/h15-16H,5-14H2,1-4H3,(H2,18,19,20). The normalized spacial score (nSPS) is 19.5. The third kappa shape index (κ3) is 8.30. The SMILES string of the molecule is CCCCCCC(C)NC(=NC)NCC1CCN(C)CC1. The fourth-order valence-corrected chi connectivity index (χ4v) is 2.88. The van der Waals surface area contributed by atoms with Gasteiger partial charge in [-0.2, -0.15) is 0 Å². The number of unbranched alkanes of at least 4 members (excludes halogenated alkanes) is 3. The van der Waals surface area contributed by atoms with E-state index in [4.69, 9.17) is 0 Å². The predicted molar refractivity (Wildman–Crippen MR) is 92.9 cm³/mol. The third-order valence-corrected chi connectivity index (χ3v) is 4.49. The van der Waals surface area contributed by atoms with Gasteiger partial charge in [0.15, 0.2) is 5.96 Å². The van der Waals surface area contributed by atoms with E-state index in [0.29, 0.717) is 6.04 Å². The van der Waals surface area contributed by atoms with Gasteiger partial charge in [0.25, 0.3) is 0 Å². The Morgan fingerprint density at radius 2 is 1.95 bits per heavy atom. The molecule has 0 amide bonds. The largest absolute Gasteiger partial charge is 0.356 e. The average molecular weight is 297 g/mol. The van der Waals surface area contributed by atoms with Crippen molar-refractivity contribution in [1.29, 1.82) is 0 Å². The topological polar surface area (TPSA) is 39.7 Å². The van der Waals surface area contributed by atoms with Crippen molar-refractivity contribution in [1.82, 2.24) is 15.5 Å². The number of guanidine groups is 1. The van der Waals surface area contributed by atoms with Gasteiger partial charge in [-0.1, -0.05) is 32.6 Å². The minimum atomic E-state index is 0.505. The van der Waals surface area contributed by atoms with E-state index in [0.717, 1.165) is 18.4 Å². The van der Waals surface area contributed by atoms with Gasteiger partial charge in [0.05, 0.1) is 0 Å². The minimum absolute atomic E-state index is 0.505. The predicted octanol–water partition coefficient (Wildman–Crippen LogP) is 2.85. The van der Waals surface area contributed by atoms with E-state index in [1.807, 2.05) is 7.05 Å². The van der Waals surface area contributed by atoms with Crippen LogP contribution in [-0.2, 0) is 0 Å². The molecule has 0 saturated carbocycles. The molecule has 1 heterocycles. The summed E-state index contributed by atoms with van der Waals surface area (Å²) in [5.74, 6) is 1.76. The van der Waals surface area contributed by atoms with Crippen molar-refractivity contribution in [2.24, 2.45) is 10.9 Å². The second kappa shape index (κ2) is 10.9. The van der Waals surface area contributed by atoms with E-state index in [1.54, 1.807) is 0 Å². The van der Waals surface area contributed by atoms with Crippen molar-refractivity contribution in [3.05, 3.63) is 0 Å². The Kier molecular flexibility index (Phi) is 9.48. The van der Waals surface area contributed by atoms with Crippen LogP contribution in [0.5, 0.6) is 0 Å². The summed E-state index contributed by atoms with van der Waals surface area (Å²) in [5, 5.41) is 7.03. The highest BCUT2D eigenvalue weighted by atomic mass is 15.2. The summed E-state index contributed by atoms with van der Waals surface area (Å²) in [6.45, 7) is 8.03. The van der Waals surface area contributed by atoms with Gasteiger partial charge < -0.3 is 15.5 Å². The smallest absolute Gasteiger partial charge is 0.191 e. The van der Waals surface area contributed by atoms with Crippen molar-refractivity contribution in [2.75, 3.05) is 33.7 Å². The maximum atomic E-state index is 4.36. The lowest BCUT2D eigenvalue weighted by Crippen LogP contribution is -2.45. The Labute approximate surface area is 131 Å². The summed E-state index contributed by atoms with van der Waals surface area (Å²) >= 11 is 0. The van der Waals surface area contributed by atoms with Crippen molar-refractivity contribution in [3.63, 3.8) is 0 Å². The lowest BCUT2D eigenvalue weighted by atomic mass is 9.97. The van der Waals surface area contributed by atoms with Crippen LogP contribution in [0.1, 0.15) is 58.8 Å². The zero-order chi connectivity index (χ0) is 15.5. The van der Waals surface area contributed by atoms with Gasteiger partial charge in [0.1, 0.15) is 0 Å². The molecule has 0 aliphatic carbocycles. The molecule has 4 nitrogen and oxygen atoms in total. The third-order valence-electron chi connectivity index (χ3n) is 4.49. The fourth-order valence-electron chi connectivity index (χ4n) is 2.88. The van der Waals surface area contributed by atoms with Crippen molar-refractivity contribution in [3.8, 4) is 0 Å². The Morgan fingerprint density at radius 3 is 2.57 bits per heavy atom. The highest BCUT2D eigenvalue weighted by Gasteiger charge is 2.16. The van der Waals surface area contributed by atoms with Crippen molar-refractivity contribution < 1.29 is 0 Å². The molecule has 0 spiro atoms. The van der Waals surface area contributed by atoms with Crippen LogP contribution in [0.4, 0.5) is 0 Å². The van der Waals surface area contributed by atoms with E-state index in [9.17, 15) is 0 Å². The molecule has 2 N–H and O–H groups in total. The van der Waals surface area contributed by atoms with Gasteiger partial charge in [-0.25, -0.2) is 0 Å². The molecular weight excluding hydrogens is 260 g/mol. The molecule has 124 valence electrons. The summed E-state index contributed by atoms with van der Waals surface area (Å²) in [4.78, 5) is 6.77. The Bertz CT molecular complexity index is 283. The van der Waals surface area contributed by atoms with Crippen LogP contribution in [-0.4, -0.2) is 50.6 Å². The first-order valence-electron chi connectivity index (χ1n) is 8.81. The van der Waals surface area contributed by atoms with E-state index < -0.39 is 0 Å². The molecule has 1 fully saturated rings. The quantitative estimate of drug-likeness (QED) is 0.411. The molecule has 0 aromatic carbocycles. The zero-order valence-corrected chi connectivity index (χ0v) is 14.6. The Balaban J connectivity index is 2.16. The van der Waals surface area contributed by atoms with Gasteiger partial charge in [0.2, 0.25) is 0 Å². The van der Waals surface area contributed by atoms with Crippen LogP contribution in [0, 0.1) is 5.92 Å². The van der Waals surface area contributed by atoms with E-state index in [1.165, 1.54) is 58.0 Å². The lowest BCUT2D eigenvalue weighted by molar-refractivity contribution is 0.220. The molecule has 0 aromatic heterocycles. The number of hydrogen-bond acceptors (Lipinski definition) is 2. The summed E-state index contributed by atoms with van der Waals surface area (Å²) in [5.41, 5.74) is 0. The van der Waals surface area contributed by atoms with E-state index in [-0.39, 0.29) is 0 Å². The number of hydrogen-bond donors (Lipinski definition) is 2. The first kappa shape index (κ1) is 18.3. The minimum Gasteiger partial charge on any atom is -0.356 e. The Morgan fingerprint density at radius 1 is 1.24 bits per heavy atom. The highest BCUT2D eigenvalue weighted by Crippen LogP contribution is 2.14. The monoisotopic (exact) mass is 296 g/mol. The molecule has 1 atom stereocenters. The Hall–Kier alpha value is -0.770. The van der Waals surface area contributed by atoms with Crippen LogP contribution in [0.25, 0.3) is 0 Å². The molecule has 1 unspecified atom stereocenters. The average Bonchev–Trinajstić information content (AvgIpc) is 2.49. The second-order valence-corrected chi connectivity index (χ2v) is 6.59. The number of likely N-dealkylation sites (tertiary alicyclic amines) is 1. The van der Waals surface area contributed by atoms with Crippen LogP contribution >= 0.6 is 0 Å². The van der Waals surface area contributed by atoms with Gasteiger partial charge in [-0.3, -0.25) is 4.99 Å². The molecule has 1 rings (SSSR count). The van der Waals surface area contributed by atoms with Crippen LogP contribution in [0.15, 0.2) is 4.99 Å². The molecule has 1 saturated heterocycles. The maximum Gasteiger partial charge on any atom is 0.191 e. The number of nitrogens with one attached hydrogen (secondary N) is 2. The molecule has 1 aliphatic heterocycles. The van der Waals surface area contributed by atoms with Gasteiger partial charge in [-0.05, 0) is 52.2 Å². The molecule has 0 bridgehead atoms. The molecule has 1 aliphatic rings. The van der Waals surface area contributed by atoms with Gasteiger partial charge in [-0.15, -0.1) is 0 Å². The number of rotatable bonds is 8. The van der Waals surface area contributed by atoms with Crippen molar-refractivity contribution in [2.45, 2.75) is 64.8 Å². The summed E-state index contributed by atoms with van der Waals surface area (Å²) in [6, 6.07) is 0.505. The van der Waals surface area contributed by atoms with Crippen LogP contribution in [0.2, 0.25) is 0 Å². The van der Waals surface area contributed by atoms with Crippen LogP contribution in [0.3, 0.4) is 0 Å². The first-order chi connectivity index (χ1) is 10.2. The summed E-state index contributed by atoms with van der Waals surface area (Å²) in [6.07, 6.45) is 9.16. The summed E-state index contributed by atoms with van der Waals surface area (Å²) in [7, 11) is 4.08. The second-order valence-electron chi connectivity index (χ2n) is 6.59. The summed E-state index contributed by atoms with van der Waals surface area (Å²) < 4.78 is 0. The number of aliphatic imine (C=N–C) groups is 1. The molecule has 4 heteroatoms. The number of piperidine rings is 1. The van der Waals surface area contributed by atoms with E-state index >= 15 is 0 Å². The molecular formula is C17H36N4. The van der Waals surface area contributed by atoms with Crippen molar-refractivity contribution >= 4 is 5.96 Å². The molecule has 0 aromatic rings. The lowest BCUT2D eigenvalue weighted by Gasteiger charge is -2.29. The molecule has 0 radical (unpaired) electrons. The maximum absolute atomic E-state index is 4.36. The van der Waals surface area contributed by atoms with Gasteiger partial charge in [0, 0.05) is 19.6 Å². The zero-order valence-electron chi connectivity index (χ0n) is 14.6. The number of nitrogens with zero attached hydrogens (tertiary/aromatic N) is 2. The highest BCUT2D eigenvalue weighted by molar-refractivity contribution is 5.79. The van der Waals surface area contributed by atoms with E-state index in [2.05, 4.69) is 41.4 Å². The fraction of sp³-hybridized carbons (Fsp3) is 0.941. The first-order valence-corrected chi connectivity index (χ1v) is 8.81.